The van der Waals surface area contributed by atoms with Gasteiger partial charge in [0.2, 0.25) is 0 Å². The van der Waals surface area contributed by atoms with E-state index in [9.17, 15) is 9.59 Å². The number of carboxylic acid groups (broad SMARTS) is 1. The fourth-order valence-corrected chi connectivity index (χ4v) is 2.33. The summed E-state index contributed by atoms with van der Waals surface area (Å²) in [6.07, 6.45) is 0.941. The van der Waals surface area contributed by atoms with Crippen molar-refractivity contribution in [3.63, 3.8) is 0 Å². The number of aryl methyl sites for hydroxylation is 1. The normalized spacial score (nSPS) is 10.5. The molecule has 4 nitrogen and oxygen atoms in total. The first kappa shape index (κ1) is 15.8. The topological polar surface area (TPSA) is 59.3 Å². The molecule has 0 unspecified atom stereocenters. The Hall–Kier alpha value is -2.62. The maximum absolute atomic E-state index is 12.4. The third-order valence-corrected chi connectivity index (χ3v) is 3.49. The summed E-state index contributed by atoms with van der Waals surface area (Å²) in [6, 6.07) is 11.0. The van der Waals surface area contributed by atoms with Gasteiger partial charge in [-0.1, -0.05) is 43.3 Å². The van der Waals surface area contributed by atoms with Crippen molar-refractivity contribution in [2.45, 2.75) is 26.8 Å². The molecule has 2 aromatic rings. The highest BCUT2D eigenvalue weighted by Gasteiger charge is 2.15. The third kappa shape index (κ3) is 3.17. The van der Waals surface area contributed by atoms with Crippen molar-refractivity contribution in [1.82, 2.24) is 4.57 Å². The molecular weight excluding hydrogens is 278 g/mol. The molecule has 1 aromatic heterocycles. The summed E-state index contributed by atoms with van der Waals surface area (Å²) in [5.74, 6) is -1.21. The Morgan fingerprint density at radius 3 is 2.32 bits per heavy atom. The van der Waals surface area contributed by atoms with Crippen molar-refractivity contribution in [3.05, 3.63) is 70.0 Å². The Morgan fingerprint density at radius 2 is 1.82 bits per heavy atom. The highest BCUT2D eigenvalue weighted by Crippen LogP contribution is 2.20. The van der Waals surface area contributed by atoms with Crippen molar-refractivity contribution in [2.75, 3.05) is 0 Å². The maximum Gasteiger partial charge on any atom is 0.341 e. The Labute approximate surface area is 129 Å². The molecule has 0 fully saturated rings. The van der Waals surface area contributed by atoms with E-state index >= 15 is 0 Å². The van der Waals surface area contributed by atoms with Crippen LogP contribution in [0.3, 0.4) is 0 Å². The van der Waals surface area contributed by atoms with Gasteiger partial charge in [-0.15, -0.1) is 0 Å². The number of hydrogen-bond acceptors (Lipinski definition) is 2. The second-order valence-electron chi connectivity index (χ2n) is 5.34. The fraction of sp³-hybridized carbons (Fsp3) is 0.222. The smallest absolute Gasteiger partial charge is 0.341 e. The molecule has 0 aliphatic carbocycles. The molecule has 4 heteroatoms. The number of nitrogens with zero attached hydrogens (tertiary/aromatic N) is 1. The zero-order valence-corrected chi connectivity index (χ0v) is 12.8. The van der Waals surface area contributed by atoms with Crippen LogP contribution in [0.5, 0.6) is 0 Å². The molecule has 0 atom stereocenters. The molecule has 1 aromatic carbocycles. The summed E-state index contributed by atoms with van der Waals surface area (Å²) in [5.41, 5.74) is 2.84. The average Bonchev–Trinajstić information content (AvgIpc) is 2.48. The number of benzene rings is 1. The summed E-state index contributed by atoms with van der Waals surface area (Å²) in [5, 5.41) is 9.12. The number of carbonyl (C=O) groups is 1. The minimum atomic E-state index is -1.21. The van der Waals surface area contributed by atoms with Gasteiger partial charge < -0.3 is 9.67 Å². The first-order valence-corrected chi connectivity index (χ1v) is 7.15. The van der Waals surface area contributed by atoms with Gasteiger partial charge in [0, 0.05) is 6.54 Å². The summed E-state index contributed by atoms with van der Waals surface area (Å²) in [4.78, 5) is 23.6. The predicted octanol–water partition coefficient (Wildman–Crippen LogP) is 3.35. The van der Waals surface area contributed by atoms with Gasteiger partial charge in [0.05, 0.1) is 5.69 Å². The van der Waals surface area contributed by atoms with Crippen LogP contribution in [-0.2, 0) is 13.0 Å². The number of aromatic nitrogens is 1. The molecule has 0 spiro atoms. The zero-order chi connectivity index (χ0) is 16.3. The maximum atomic E-state index is 12.4. The number of rotatable bonds is 5. The van der Waals surface area contributed by atoms with E-state index in [1.807, 2.05) is 31.2 Å². The SMILES string of the molecule is C=C(C)Cn1c(-c2ccc(CC)cc2)ccc(C(=O)O)c1=O. The van der Waals surface area contributed by atoms with E-state index in [0.29, 0.717) is 12.2 Å². The Bertz CT molecular complexity index is 770. The standard InChI is InChI=1S/C18H19NO3/c1-4-13-5-7-14(8-6-13)16-10-9-15(18(21)22)17(20)19(16)11-12(2)3/h5-10H,2,4,11H2,1,3H3,(H,21,22). The lowest BCUT2D eigenvalue weighted by molar-refractivity contribution is 0.0694. The van der Waals surface area contributed by atoms with Crippen molar-refractivity contribution in [1.29, 1.82) is 0 Å². The minimum Gasteiger partial charge on any atom is -0.477 e. The minimum absolute atomic E-state index is 0.227. The molecule has 0 saturated carbocycles. The second kappa shape index (κ2) is 6.43. The van der Waals surface area contributed by atoms with Crippen LogP contribution in [-0.4, -0.2) is 15.6 Å². The number of carboxylic acids is 1. The molecular formula is C18H19NO3. The van der Waals surface area contributed by atoms with Crippen LogP contribution in [0.2, 0.25) is 0 Å². The zero-order valence-electron chi connectivity index (χ0n) is 12.8. The van der Waals surface area contributed by atoms with Crippen molar-refractivity contribution in [2.24, 2.45) is 0 Å². The number of pyridine rings is 1. The van der Waals surface area contributed by atoms with Gasteiger partial charge in [-0.2, -0.15) is 0 Å². The van der Waals surface area contributed by atoms with Crippen LogP contribution in [0.25, 0.3) is 11.3 Å². The van der Waals surface area contributed by atoms with Crippen molar-refractivity contribution in [3.8, 4) is 11.3 Å². The van der Waals surface area contributed by atoms with E-state index in [4.69, 9.17) is 5.11 Å². The Morgan fingerprint density at radius 1 is 1.18 bits per heavy atom. The molecule has 114 valence electrons. The molecule has 0 amide bonds. The average molecular weight is 297 g/mol. The van der Waals surface area contributed by atoms with E-state index in [2.05, 4.69) is 13.5 Å². The highest BCUT2D eigenvalue weighted by atomic mass is 16.4. The van der Waals surface area contributed by atoms with Gasteiger partial charge in [0.1, 0.15) is 5.56 Å². The summed E-state index contributed by atoms with van der Waals surface area (Å²) in [7, 11) is 0. The Kier molecular flexibility index (Phi) is 4.61. The summed E-state index contributed by atoms with van der Waals surface area (Å²) < 4.78 is 1.47. The van der Waals surface area contributed by atoms with E-state index in [1.54, 1.807) is 6.07 Å². The van der Waals surface area contributed by atoms with Crippen molar-refractivity contribution < 1.29 is 9.90 Å². The lowest BCUT2D eigenvalue weighted by atomic mass is 10.1. The van der Waals surface area contributed by atoms with Gasteiger partial charge in [-0.25, -0.2) is 4.79 Å². The predicted molar refractivity (Wildman–Crippen MR) is 87.3 cm³/mol. The van der Waals surface area contributed by atoms with Crippen LogP contribution in [0.15, 0.2) is 53.3 Å². The monoisotopic (exact) mass is 297 g/mol. The van der Waals surface area contributed by atoms with E-state index in [-0.39, 0.29) is 5.56 Å². The fourth-order valence-electron chi connectivity index (χ4n) is 2.33. The lowest BCUT2D eigenvalue weighted by Gasteiger charge is -2.14. The van der Waals surface area contributed by atoms with Gasteiger partial charge in [-0.05, 0) is 36.6 Å². The lowest BCUT2D eigenvalue weighted by Crippen LogP contribution is -2.27. The Balaban J connectivity index is 2.63. The van der Waals surface area contributed by atoms with Gasteiger partial charge in [-0.3, -0.25) is 4.79 Å². The van der Waals surface area contributed by atoms with Crippen molar-refractivity contribution >= 4 is 5.97 Å². The summed E-state index contributed by atoms with van der Waals surface area (Å²) in [6.45, 7) is 8.00. The van der Waals surface area contributed by atoms with Crippen LogP contribution in [0.4, 0.5) is 0 Å². The summed E-state index contributed by atoms with van der Waals surface area (Å²) >= 11 is 0. The number of aromatic carboxylic acids is 1. The van der Waals surface area contributed by atoms with Gasteiger partial charge >= 0.3 is 5.97 Å². The number of hydrogen-bond donors (Lipinski definition) is 1. The molecule has 1 N–H and O–H groups in total. The highest BCUT2D eigenvalue weighted by molar-refractivity contribution is 5.87. The number of allylic oxidation sites excluding steroid dienone is 1. The van der Waals surface area contributed by atoms with Gasteiger partial charge in [0.15, 0.2) is 0 Å². The quantitative estimate of drug-likeness (QED) is 0.861. The molecule has 22 heavy (non-hydrogen) atoms. The molecule has 0 bridgehead atoms. The largest absolute Gasteiger partial charge is 0.477 e. The van der Waals surface area contributed by atoms with Crippen LogP contribution in [0, 0.1) is 0 Å². The van der Waals surface area contributed by atoms with E-state index < -0.39 is 11.5 Å². The first-order chi connectivity index (χ1) is 10.4. The molecule has 1 heterocycles. The second-order valence-corrected chi connectivity index (χ2v) is 5.34. The molecule has 0 aliphatic rings. The van der Waals surface area contributed by atoms with E-state index in [1.165, 1.54) is 16.2 Å². The third-order valence-electron chi connectivity index (χ3n) is 3.49. The molecule has 0 saturated heterocycles. The molecule has 0 radical (unpaired) electrons. The van der Waals surface area contributed by atoms with Gasteiger partial charge in [0.25, 0.3) is 5.56 Å². The van der Waals surface area contributed by atoms with Crippen LogP contribution < -0.4 is 5.56 Å². The molecule has 2 rings (SSSR count). The van der Waals surface area contributed by atoms with Crippen LogP contribution >= 0.6 is 0 Å². The molecule has 0 aliphatic heterocycles. The first-order valence-electron chi connectivity index (χ1n) is 7.15. The van der Waals surface area contributed by atoms with E-state index in [0.717, 1.165) is 17.6 Å². The van der Waals surface area contributed by atoms with Crippen LogP contribution in [0.1, 0.15) is 29.8 Å².